The molecule has 0 saturated carbocycles. The summed E-state index contributed by atoms with van der Waals surface area (Å²) in [7, 11) is -2.79. The Bertz CT molecular complexity index is 375. The molecular weight excluding hydrogens is 352 g/mol. The van der Waals surface area contributed by atoms with Gasteiger partial charge in [-0.1, -0.05) is 77.5 Å². The summed E-state index contributed by atoms with van der Waals surface area (Å²) in [6, 6.07) is 0. The van der Waals surface area contributed by atoms with Gasteiger partial charge in [0.25, 0.3) is 0 Å². The molecule has 0 heterocycles. The summed E-state index contributed by atoms with van der Waals surface area (Å²) in [5.74, 6) is 0. The first-order chi connectivity index (χ1) is 13.3. The van der Waals surface area contributed by atoms with Crippen LogP contribution in [0, 0.1) is 0 Å². The Hall–Kier alpha value is -0.423. The minimum absolute atomic E-state index is 0.753. The highest BCUT2D eigenvalue weighted by molar-refractivity contribution is 6.68. The van der Waals surface area contributed by atoms with E-state index in [0.717, 1.165) is 45.5 Å². The summed E-state index contributed by atoms with van der Waals surface area (Å²) < 4.78 is 19.6. The molecule has 0 aromatic rings. The molecule has 0 radical (unpaired) electrons. The topological polar surface area (TPSA) is 27.7 Å². The van der Waals surface area contributed by atoms with Gasteiger partial charge in [0.2, 0.25) is 0 Å². The minimum atomic E-state index is -2.79. The van der Waals surface area contributed by atoms with Crippen LogP contribution in [-0.4, -0.2) is 28.6 Å². The number of unbranched alkanes of at least 4 members (excludes halogenated alkanes) is 6. The van der Waals surface area contributed by atoms with Crippen molar-refractivity contribution in [2.75, 3.05) is 19.8 Å². The van der Waals surface area contributed by atoms with E-state index >= 15 is 0 Å². The van der Waals surface area contributed by atoms with Gasteiger partial charge in [-0.3, -0.25) is 0 Å². The lowest BCUT2D eigenvalue weighted by Crippen LogP contribution is -2.49. The van der Waals surface area contributed by atoms with E-state index < -0.39 is 8.80 Å². The van der Waals surface area contributed by atoms with Crippen molar-refractivity contribution < 1.29 is 13.3 Å². The molecule has 158 valence electrons. The van der Waals surface area contributed by atoms with Gasteiger partial charge in [0.15, 0.2) is 0 Å². The fraction of sp³-hybridized carbons (Fsp3) is 0.826. The maximum absolute atomic E-state index is 6.52. The van der Waals surface area contributed by atoms with Crippen LogP contribution in [0.2, 0.25) is 0 Å². The van der Waals surface area contributed by atoms with Crippen LogP contribution in [0.25, 0.3) is 0 Å². The third kappa shape index (κ3) is 10.6. The van der Waals surface area contributed by atoms with E-state index in [4.69, 9.17) is 13.3 Å². The highest BCUT2D eigenvalue weighted by atomic mass is 28.4. The van der Waals surface area contributed by atoms with Crippen LogP contribution >= 0.6 is 0 Å². The molecule has 0 atom stereocenters. The molecule has 1 aliphatic rings. The van der Waals surface area contributed by atoms with E-state index in [-0.39, 0.29) is 0 Å². The maximum Gasteiger partial charge on any atom is 0.532 e. The zero-order chi connectivity index (χ0) is 19.6. The molecule has 0 spiro atoms. The molecule has 0 N–H and O–H groups in total. The molecule has 1 rings (SSSR count). The van der Waals surface area contributed by atoms with Crippen LogP contribution in [-0.2, 0) is 13.3 Å². The highest BCUT2D eigenvalue weighted by Crippen LogP contribution is 2.28. The predicted octanol–water partition coefficient (Wildman–Crippen LogP) is 7.14. The van der Waals surface area contributed by atoms with E-state index in [9.17, 15) is 0 Å². The number of allylic oxidation sites excluding steroid dienone is 4. The number of rotatable bonds is 16. The van der Waals surface area contributed by atoms with Gasteiger partial charge in [0.1, 0.15) is 0 Å². The van der Waals surface area contributed by atoms with Crippen molar-refractivity contribution in [3.63, 3.8) is 0 Å². The Kier molecular flexibility index (Phi) is 15.1. The predicted molar refractivity (Wildman–Crippen MR) is 118 cm³/mol. The quantitative estimate of drug-likeness (QED) is 0.205. The molecule has 0 saturated heterocycles. The van der Waals surface area contributed by atoms with Gasteiger partial charge in [-0.25, -0.2) is 0 Å². The number of hydrogen-bond donors (Lipinski definition) is 0. The third-order valence-electron chi connectivity index (χ3n) is 5.01. The van der Waals surface area contributed by atoms with Crippen LogP contribution in [0.15, 0.2) is 23.4 Å². The van der Waals surface area contributed by atoms with E-state index in [1.165, 1.54) is 63.0 Å². The SMILES string of the molecule is CCCCCO[Si](OCCCCC)(OCCCCC)C1=CC=CCCCC1. The Morgan fingerprint density at radius 1 is 0.741 bits per heavy atom. The Balaban J connectivity index is 2.90. The fourth-order valence-electron chi connectivity index (χ4n) is 3.28. The van der Waals surface area contributed by atoms with Crippen molar-refractivity contribution in [1.82, 2.24) is 0 Å². The second-order valence-corrected chi connectivity index (χ2v) is 10.2. The third-order valence-corrected chi connectivity index (χ3v) is 7.97. The summed E-state index contributed by atoms with van der Waals surface area (Å²) in [5.41, 5.74) is 0. The lowest BCUT2D eigenvalue weighted by Gasteiger charge is -2.32. The van der Waals surface area contributed by atoms with Crippen molar-refractivity contribution in [3.05, 3.63) is 23.4 Å². The standard InChI is InChI=1S/C23H44O3Si/c1-4-7-15-20-24-27(25-21-16-8-5-2,26-22-17-9-6-3)23-18-13-11-10-12-14-19-23/h11,13,18H,4-10,12,14-17,19-22H2,1-3H3. The van der Waals surface area contributed by atoms with Crippen LogP contribution < -0.4 is 0 Å². The van der Waals surface area contributed by atoms with Gasteiger partial charge in [0, 0.05) is 25.0 Å². The lowest BCUT2D eigenvalue weighted by molar-refractivity contribution is 0.0633. The first-order valence-corrected chi connectivity index (χ1v) is 13.3. The Morgan fingerprint density at radius 2 is 1.26 bits per heavy atom. The van der Waals surface area contributed by atoms with Gasteiger partial charge < -0.3 is 13.3 Å². The van der Waals surface area contributed by atoms with Crippen LogP contribution in [0.3, 0.4) is 0 Å². The Labute approximate surface area is 169 Å². The Morgan fingerprint density at radius 3 is 1.74 bits per heavy atom. The van der Waals surface area contributed by atoms with Gasteiger partial charge >= 0.3 is 8.80 Å². The van der Waals surface area contributed by atoms with E-state index in [1.807, 2.05) is 0 Å². The van der Waals surface area contributed by atoms with E-state index in [1.54, 1.807) is 0 Å². The highest BCUT2D eigenvalue weighted by Gasteiger charge is 2.45. The summed E-state index contributed by atoms with van der Waals surface area (Å²) in [6.45, 7) is 8.95. The van der Waals surface area contributed by atoms with Gasteiger partial charge in [-0.2, -0.15) is 0 Å². The minimum Gasteiger partial charge on any atom is -0.370 e. The van der Waals surface area contributed by atoms with Gasteiger partial charge in [-0.15, -0.1) is 0 Å². The second kappa shape index (κ2) is 16.5. The first kappa shape index (κ1) is 24.6. The van der Waals surface area contributed by atoms with E-state index in [0.29, 0.717) is 0 Å². The molecule has 0 amide bonds. The van der Waals surface area contributed by atoms with Crippen LogP contribution in [0.4, 0.5) is 0 Å². The van der Waals surface area contributed by atoms with E-state index in [2.05, 4.69) is 39.0 Å². The van der Waals surface area contributed by atoms with Crippen LogP contribution in [0.1, 0.15) is 104 Å². The average Bonchev–Trinajstić information content (AvgIpc) is 2.65. The van der Waals surface area contributed by atoms with Crippen molar-refractivity contribution in [2.45, 2.75) is 104 Å². The zero-order valence-corrected chi connectivity index (χ0v) is 19.3. The molecule has 0 aromatic carbocycles. The number of hydrogen-bond acceptors (Lipinski definition) is 3. The first-order valence-electron chi connectivity index (χ1n) is 11.6. The molecule has 3 nitrogen and oxygen atoms in total. The molecule has 0 unspecified atom stereocenters. The van der Waals surface area contributed by atoms with Crippen molar-refractivity contribution in [1.29, 1.82) is 0 Å². The average molecular weight is 397 g/mol. The van der Waals surface area contributed by atoms with Gasteiger partial charge in [0.05, 0.1) is 0 Å². The zero-order valence-electron chi connectivity index (χ0n) is 18.3. The van der Waals surface area contributed by atoms with Crippen molar-refractivity contribution in [2.24, 2.45) is 0 Å². The maximum atomic E-state index is 6.52. The molecule has 1 aliphatic carbocycles. The molecule has 0 aliphatic heterocycles. The molecule has 0 aromatic heterocycles. The molecular formula is C23H44O3Si. The summed E-state index contributed by atoms with van der Waals surface area (Å²) in [6.07, 6.45) is 21.8. The fourth-order valence-corrected chi connectivity index (χ4v) is 6.10. The summed E-state index contributed by atoms with van der Waals surface area (Å²) >= 11 is 0. The molecule has 27 heavy (non-hydrogen) atoms. The molecule has 0 bridgehead atoms. The van der Waals surface area contributed by atoms with Crippen molar-refractivity contribution in [3.8, 4) is 0 Å². The largest absolute Gasteiger partial charge is 0.532 e. The molecule has 4 heteroatoms. The van der Waals surface area contributed by atoms with Crippen LogP contribution in [0.5, 0.6) is 0 Å². The molecule has 0 fully saturated rings. The van der Waals surface area contributed by atoms with Gasteiger partial charge in [-0.05, 0) is 44.9 Å². The second-order valence-electron chi connectivity index (χ2n) is 7.59. The van der Waals surface area contributed by atoms with Crippen molar-refractivity contribution >= 4 is 8.80 Å². The normalized spacial score (nSPS) is 15.4. The smallest absolute Gasteiger partial charge is 0.370 e. The summed E-state index contributed by atoms with van der Waals surface area (Å²) in [5, 5.41) is 1.29. The lowest BCUT2D eigenvalue weighted by atomic mass is 10.1. The monoisotopic (exact) mass is 396 g/mol. The summed E-state index contributed by atoms with van der Waals surface area (Å²) in [4.78, 5) is 0.